The van der Waals surface area contributed by atoms with Crippen LogP contribution in [0.1, 0.15) is 65.2 Å². The average molecular weight is 565 g/mol. The topological polar surface area (TPSA) is 121 Å². The highest BCUT2D eigenvalue weighted by molar-refractivity contribution is 5.89. The van der Waals surface area contributed by atoms with Gasteiger partial charge in [0.2, 0.25) is 11.8 Å². The van der Waals surface area contributed by atoms with Gasteiger partial charge in [-0.3, -0.25) is 14.4 Å². The van der Waals surface area contributed by atoms with E-state index in [1.807, 2.05) is 13.8 Å². The molecule has 1 spiro atoms. The lowest BCUT2D eigenvalue weighted by molar-refractivity contribution is -0.274. The molecule has 1 aromatic carbocycles. The van der Waals surface area contributed by atoms with Crippen molar-refractivity contribution in [1.29, 1.82) is 5.26 Å². The number of hydrogen-bond donors (Lipinski definition) is 2. The zero-order chi connectivity index (χ0) is 29.1. The third-order valence-corrected chi connectivity index (χ3v) is 8.05. The molecule has 3 amide bonds. The van der Waals surface area contributed by atoms with Gasteiger partial charge in [0.1, 0.15) is 23.6 Å². The minimum Gasteiger partial charge on any atom is -0.484 e. The maximum atomic E-state index is 13.5. The van der Waals surface area contributed by atoms with Crippen molar-refractivity contribution in [2.45, 2.75) is 89.2 Å². The van der Waals surface area contributed by atoms with E-state index in [-0.39, 0.29) is 29.0 Å². The van der Waals surface area contributed by atoms with E-state index in [2.05, 4.69) is 21.4 Å². The highest BCUT2D eigenvalue weighted by Gasteiger charge is 2.49. The molecule has 2 heterocycles. The van der Waals surface area contributed by atoms with Gasteiger partial charge in [0.15, 0.2) is 6.61 Å². The second kappa shape index (κ2) is 11.6. The number of nitrogens with zero attached hydrogens (tertiary/aromatic N) is 2. The first-order valence-corrected chi connectivity index (χ1v) is 13.6. The first-order chi connectivity index (χ1) is 18.8. The molecule has 2 aliphatic heterocycles. The van der Waals surface area contributed by atoms with Crippen LogP contribution in [0.15, 0.2) is 24.3 Å². The number of ether oxygens (including phenoxy) is 2. The molecular weight excluding hydrogens is 529 g/mol. The molecule has 9 nitrogen and oxygen atoms in total. The smallest absolute Gasteiger partial charge is 0.484 e. The summed E-state index contributed by atoms with van der Waals surface area (Å²) in [6.45, 7) is 3.80. The highest BCUT2D eigenvalue weighted by atomic mass is 19.4. The molecule has 1 saturated carbocycles. The Hall–Kier alpha value is -3.49. The Bertz CT molecular complexity index is 1140. The molecule has 4 rings (SSSR count). The lowest BCUT2D eigenvalue weighted by Gasteiger charge is -2.33. The van der Waals surface area contributed by atoms with E-state index in [0.29, 0.717) is 19.4 Å². The van der Waals surface area contributed by atoms with E-state index < -0.39 is 48.5 Å². The van der Waals surface area contributed by atoms with E-state index >= 15 is 0 Å². The van der Waals surface area contributed by atoms with Crippen molar-refractivity contribution in [3.63, 3.8) is 0 Å². The van der Waals surface area contributed by atoms with Crippen LogP contribution in [0.4, 0.5) is 13.2 Å². The number of nitriles is 1. The van der Waals surface area contributed by atoms with Crippen LogP contribution in [0.25, 0.3) is 0 Å². The number of halogens is 3. The largest absolute Gasteiger partial charge is 0.573 e. The number of likely N-dealkylation sites (tertiary alicyclic amines) is 1. The third kappa shape index (κ3) is 7.37. The average Bonchev–Trinajstić information content (AvgIpc) is 3.37. The molecule has 3 fully saturated rings. The molecular formula is C28H35F3N4O5. The molecule has 3 atom stereocenters. The second-order valence-electron chi connectivity index (χ2n) is 11.8. The van der Waals surface area contributed by atoms with Gasteiger partial charge in [0.25, 0.3) is 5.91 Å². The van der Waals surface area contributed by atoms with Crippen LogP contribution >= 0.6 is 0 Å². The SMILES string of the molecule is CC1(C)C[C@@H](C[C@@H](C#N)NC(=O)C2CC3(CCCCC3)CN2C(=O)COc2ccc(OC(F)(F)F)cc2)C(=O)N1. The van der Waals surface area contributed by atoms with E-state index in [1.54, 1.807) is 0 Å². The Kier molecular flexibility index (Phi) is 8.52. The zero-order valence-corrected chi connectivity index (χ0v) is 22.7. The fraction of sp³-hybridized carbons (Fsp3) is 0.643. The molecule has 218 valence electrons. The van der Waals surface area contributed by atoms with Crippen molar-refractivity contribution >= 4 is 17.7 Å². The van der Waals surface area contributed by atoms with Crippen molar-refractivity contribution in [3.05, 3.63) is 24.3 Å². The molecule has 12 heteroatoms. The van der Waals surface area contributed by atoms with Crippen LogP contribution in [0.2, 0.25) is 0 Å². The number of hydrogen-bond acceptors (Lipinski definition) is 6. The zero-order valence-electron chi connectivity index (χ0n) is 22.7. The monoisotopic (exact) mass is 564 g/mol. The summed E-state index contributed by atoms with van der Waals surface area (Å²) < 4.78 is 46.6. The van der Waals surface area contributed by atoms with Crippen LogP contribution in [-0.4, -0.2) is 59.8 Å². The lowest BCUT2D eigenvalue weighted by atomic mass is 9.72. The van der Waals surface area contributed by atoms with Crippen LogP contribution in [0.5, 0.6) is 11.5 Å². The summed E-state index contributed by atoms with van der Waals surface area (Å²) in [7, 11) is 0. The van der Waals surface area contributed by atoms with Gasteiger partial charge in [-0.05, 0) is 75.6 Å². The number of carbonyl (C=O) groups is 3. The van der Waals surface area contributed by atoms with Crippen LogP contribution in [0, 0.1) is 22.7 Å². The minimum atomic E-state index is -4.82. The normalized spacial score (nSPS) is 24.2. The van der Waals surface area contributed by atoms with E-state index in [9.17, 15) is 32.8 Å². The summed E-state index contributed by atoms with van der Waals surface area (Å²) in [4.78, 5) is 40.6. The Balaban J connectivity index is 1.41. The van der Waals surface area contributed by atoms with Crippen molar-refractivity contribution in [2.75, 3.05) is 13.2 Å². The van der Waals surface area contributed by atoms with Crippen LogP contribution in [-0.2, 0) is 14.4 Å². The summed E-state index contributed by atoms with van der Waals surface area (Å²) in [5, 5.41) is 15.4. The summed E-state index contributed by atoms with van der Waals surface area (Å²) in [6.07, 6.45) is 1.28. The predicted molar refractivity (Wildman–Crippen MR) is 137 cm³/mol. The quantitative estimate of drug-likeness (QED) is 0.495. The van der Waals surface area contributed by atoms with Gasteiger partial charge in [-0.1, -0.05) is 19.3 Å². The van der Waals surface area contributed by atoms with Gasteiger partial charge in [0, 0.05) is 18.0 Å². The molecule has 2 saturated heterocycles. The Morgan fingerprint density at radius 2 is 1.80 bits per heavy atom. The maximum absolute atomic E-state index is 13.5. The number of rotatable bonds is 8. The summed E-state index contributed by atoms with van der Waals surface area (Å²) in [5.74, 6) is -1.64. The lowest BCUT2D eigenvalue weighted by Crippen LogP contribution is -2.50. The van der Waals surface area contributed by atoms with Crippen LogP contribution < -0.4 is 20.1 Å². The number of nitrogens with one attached hydrogen (secondary N) is 2. The van der Waals surface area contributed by atoms with E-state index in [4.69, 9.17) is 4.74 Å². The van der Waals surface area contributed by atoms with E-state index in [0.717, 1.165) is 44.2 Å². The molecule has 2 N–H and O–H groups in total. The van der Waals surface area contributed by atoms with E-state index in [1.165, 1.54) is 17.0 Å². The molecule has 0 bridgehead atoms. The minimum absolute atomic E-state index is 0.145. The first-order valence-electron chi connectivity index (χ1n) is 13.6. The van der Waals surface area contributed by atoms with Crippen molar-refractivity contribution in [3.8, 4) is 17.6 Å². The Morgan fingerprint density at radius 1 is 1.15 bits per heavy atom. The number of amides is 3. The van der Waals surface area contributed by atoms with Gasteiger partial charge in [-0.2, -0.15) is 5.26 Å². The van der Waals surface area contributed by atoms with Crippen molar-refractivity contribution in [2.24, 2.45) is 11.3 Å². The van der Waals surface area contributed by atoms with Gasteiger partial charge in [0.05, 0.1) is 6.07 Å². The fourth-order valence-electron chi connectivity index (χ4n) is 6.26. The summed E-state index contributed by atoms with van der Waals surface area (Å²) >= 11 is 0. The molecule has 1 aliphatic carbocycles. The number of alkyl halides is 3. The van der Waals surface area contributed by atoms with Gasteiger partial charge >= 0.3 is 6.36 Å². The molecule has 40 heavy (non-hydrogen) atoms. The van der Waals surface area contributed by atoms with Crippen molar-refractivity contribution in [1.82, 2.24) is 15.5 Å². The number of carbonyl (C=O) groups excluding carboxylic acids is 3. The summed E-state index contributed by atoms with van der Waals surface area (Å²) in [6, 6.07) is 5.13. The highest BCUT2D eigenvalue weighted by Crippen LogP contribution is 2.46. The Labute approximate surface area is 231 Å². The molecule has 1 unspecified atom stereocenters. The van der Waals surface area contributed by atoms with Gasteiger partial charge in [-0.25, -0.2) is 0 Å². The second-order valence-corrected chi connectivity index (χ2v) is 11.8. The van der Waals surface area contributed by atoms with Gasteiger partial charge < -0.3 is 25.0 Å². The third-order valence-electron chi connectivity index (χ3n) is 8.05. The Morgan fingerprint density at radius 3 is 2.38 bits per heavy atom. The standard InChI is InChI=1S/C28H35F3N4O5/c1-26(2)13-18(24(37)34-26)12-19(15-32)33-25(38)22-14-27(10-4-3-5-11-27)17-35(22)23(36)16-39-20-6-8-21(9-7-20)40-28(29,30)31/h6-9,18-19,22H,3-5,10-14,16-17H2,1-2H3,(H,33,38)(H,34,37)/t18-,19+,22?/m1/s1. The predicted octanol–water partition coefficient (Wildman–Crippen LogP) is 3.83. The molecule has 3 aliphatic rings. The van der Waals surface area contributed by atoms with Crippen LogP contribution in [0.3, 0.4) is 0 Å². The molecule has 1 aromatic rings. The van der Waals surface area contributed by atoms with Gasteiger partial charge in [-0.15, -0.1) is 13.2 Å². The fourth-order valence-corrected chi connectivity index (χ4v) is 6.26. The molecule has 0 aromatic heterocycles. The summed E-state index contributed by atoms with van der Waals surface area (Å²) in [5.41, 5.74) is -0.566. The number of benzene rings is 1. The molecule has 0 radical (unpaired) electrons. The first kappa shape index (κ1) is 29.5. The van der Waals surface area contributed by atoms with Crippen molar-refractivity contribution < 1.29 is 37.0 Å². The maximum Gasteiger partial charge on any atom is 0.573 e.